The van der Waals surface area contributed by atoms with E-state index in [9.17, 15) is 14.4 Å². The summed E-state index contributed by atoms with van der Waals surface area (Å²) in [4.78, 5) is 43.1. The number of anilines is 1. The molecule has 2 saturated heterocycles. The van der Waals surface area contributed by atoms with Crippen molar-refractivity contribution in [2.45, 2.75) is 37.1 Å². The molecular weight excluding hydrogens is 402 g/mol. The highest BCUT2D eigenvalue weighted by Gasteiger charge is 2.27. The number of amides is 4. The lowest BCUT2D eigenvalue weighted by molar-refractivity contribution is -0.136. The number of piperidine rings is 1. The highest BCUT2D eigenvalue weighted by Crippen LogP contribution is 2.27. The minimum atomic E-state index is -0.397. The molecule has 4 amide bonds. The summed E-state index contributed by atoms with van der Waals surface area (Å²) < 4.78 is 0. The normalized spacial score (nSPS) is 20.1. The summed E-state index contributed by atoms with van der Waals surface area (Å²) in [6.07, 6.45) is 3.37. The summed E-state index contributed by atoms with van der Waals surface area (Å²) in [6.45, 7) is 5.91. The molecule has 0 radical (unpaired) electrons. The van der Waals surface area contributed by atoms with Gasteiger partial charge in [-0.15, -0.1) is 11.8 Å². The highest BCUT2D eigenvalue weighted by atomic mass is 32.2. The Bertz CT molecular complexity index is 767. The molecule has 30 heavy (non-hydrogen) atoms. The van der Waals surface area contributed by atoms with Crippen molar-refractivity contribution in [2.24, 2.45) is 5.73 Å². The van der Waals surface area contributed by atoms with Crippen molar-refractivity contribution in [1.29, 1.82) is 0 Å². The van der Waals surface area contributed by atoms with E-state index in [2.05, 4.69) is 17.1 Å². The number of likely N-dealkylation sites (tertiary alicyclic amines) is 1. The zero-order valence-electron chi connectivity index (χ0n) is 17.5. The Morgan fingerprint density at radius 3 is 2.53 bits per heavy atom. The molecule has 9 heteroatoms. The number of carbonyl (C=O) groups is 3. The van der Waals surface area contributed by atoms with Crippen molar-refractivity contribution in [3.63, 3.8) is 0 Å². The maximum absolute atomic E-state index is 12.7. The number of hydrogen-bond acceptors (Lipinski definition) is 5. The number of carbonyl (C=O) groups excluding carboxylic acids is 3. The van der Waals surface area contributed by atoms with Gasteiger partial charge in [0.2, 0.25) is 11.8 Å². The Balaban J connectivity index is 1.47. The van der Waals surface area contributed by atoms with E-state index in [0.717, 1.165) is 24.3 Å². The van der Waals surface area contributed by atoms with Crippen LogP contribution in [0.15, 0.2) is 29.2 Å². The molecule has 164 valence electrons. The van der Waals surface area contributed by atoms with Crippen LogP contribution in [-0.4, -0.2) is 83.6 Å². The maximum atomic E-state index is 12.7. The van der Waals surface area contributed by atoms with Gasteiger partial charge in [-0.1, -0.05) is 12.1 Å². The van der Waals surface area contributed by atoms with Gasteiger partial charge < -0.3 is 20.9 Å². The van der Waals surface area contributed by atoms with E-state index >= 15 is 0 Å². The number of piperazine rings is 1. The summed E-state index contributed by atoms with van der Waals surface area (Å²) in [5, 5.41) is 2.94. The van der Waals surface area contributed by atoms with E-state index in [1.807, 2.05) is 29.2 Å². The molecule has 0 saturated carbocycles. The van der Waals surface area contributed by atoms with E-state index in [0.29, 0.717) is 44.5 Å². The Morgan fingerprint density at radius 1 is 1.10 bits per heavy atom. The van der Waals surface area contributed by atoms with Crippen LogP contribution < -0.4 is 11.1 Å². The molecular formula is C21H31N5O3S. The number of nitrogens with two attached hydrogens (primary N) is 1. The first kappa shape index (κ1) is 22.4. The Kier molecular flexibility index (Phi) is 7.98. The molecule has 2 aliphatic heterocycles. The molecule has 1 unspecified atom stereocenters. The Labute approximate surface area is 182 Å². The number of primary amides is 1. The second-order valence-corrected chi connectivity index (χ2v) is 8.89. The lowest BCUT2D eigenvalue weighted by Gasteiger charge is -2.38. The number of para-hydroxylation sites is 1. The zero-order valence-corrected chi connectivity index (χ0v) is 18.3. The number of hydrogen-bond donors (Lipinski definition) is 2. The van der Waals surface area contributed by atoms with Gasteiger partial charge in [-0.05, 0) is 38.3 Å². The fourth-order valence-corrected chi connectivity index (χ4v) is 4.65. The van der Waals surface area contributed by atoms with Crippen molar-refractivity contribution < 1.29 is 14.4 Å². The second-order valence-electron chi connectivity index (χ2n) is 7.88. The molecule has 3 N–H and O–H groups in total. The summed E-state index contributed by atoms with van der Waals surface area (Å²) in [5.74, 6) is -0.0406. The lowest BCUT2D eigenvalue weighted by atomic mass is 10.0. The van der Waals surface area contributed by atoms with Gasteiger partial charge in [-0.25, -0.2) is 4.79 Å². The summed E-state index contributed by atoms with van der Waals surface area (Å²) in [7, 11) is 0. The number of rotatable bonds is 6. The lowest BCUT2D eigenvalue weighted by Crippen LogP contribution is -2.53. The first-order chi connectivity index (χ1) is 14.4. The van der Waals surface area contributed by atoms with Crippen LogP contribution in [0.25, 0.3) is 0 Å². The van der Waals surface area contributed by atoms with Gasteiger partial charge in [0.25, 0.3) is 0 Å². The summed E-state index contributed by atoms with van der Waals surface area (Å²) >= 11 is 1.31. The third-order valence-electron chi connectivity index (χ3n) is 5.64. The van der Waals surface area contributed by atoms with Gasteiger partial charge >= 0.3 is 6.03 Å². The quantitative estimate of drug-likeness (QED) is 0.667. The monoisotopic (exact) mass is 433 g/mol. The van der Waals surface area contributed by atoms with E-state index in [1.165, 1.54) is 18.2 Å². The Morgan fingerprint density at radius 2 is 1.83 bits per heavy atom. The van der Waals surface area contributed by atoms with Crippen LogP contribution in [0.3, 0.4) is 0 Å². The molecule has 0 bridgehead atoms. The maximum Gasteiger partial charge on any atom is 0.321 e. The zero-order chi connectivity index (χ0) is 21.5. The van der Waals surface area contributed by atoms with Crippen molar-refractivity contribution >= 4 is 35.3 Å². The minimum absolute atomic E-state index is 0.162. The third-order valence-corrected chi connectivity index (χ3v) is 6.74. The summed E-state index contributed by atoms with van der Waals surface area (Å²) in [6, 6.07) is 7.53. The van der Waals surface area contributed by atoms with Crippen LogP contribution in [0.4, 0.5) is 10.5 Å². The number of urea groups is 1. The van der Waals surface area contributed by atoms with E-state index in [1.54, 1.807) is 4.90 Å². The average Bonchev–Trinajstić information content (AvgIpc) is 2.73. The number of nitrogens with zero attached hydrogens (tertiary/aromatic N) is 3. The van der Waals surface area contributed by atoms with Crippen LogP contribution in [0.2, 0.25) is 0 Å². The van der Waals surface area contributed by atoms with Crippen molar-refractivity contribution in [2.75, 3.05) is 50.3 Å². The van der Waals surface area contributed by atoms with Crippen molar-refractivity contribution in [3.8, 4) is 0 Å². The second kappa shape index (κ2) is 10.7. The Hall–Kier alpha value is -2.26. The number of thioether (sulfide) groups is 1. The van der Waals surface area contributed by atoms with Gasteiger partial charge in [0.05, 0.1) is 18.0 Å². The van der Waals surface area contributed by atoms with E-state index in [4.69, 9.17) is 5.73 Å². The van der Waals surface area contributed by atoms with E-state index < -0.39 is 5.91 Å². The molecule has 2 heterocycles. The van der Waals surface area contributed by atoms with Crippen LogP contribution >= 0.6 is 11.8 Å². The van der Waals surface area contributed by atoms with Gasteiger partial charge in [0.15, 0.2) is 0 Å². The van der Waals surface area contributed by atoms with Crippen molar-refractivity contribution in [1.82, 2.24) is 14.7 Å². The molecule has 2 fully saturated rings. The molecule has 0 spiro atoms. The third kappa shape index (κ3) is 6.12. The molecule has 1 aromatic rings. The smallest absolute Gasteiger partial charge is 0.321 e. The van der Waals surface area contributed by atoms with Gasteiger partial charge in [-0.3, -0.25) is 14.5 Å². The average molecular weight is 434 g/mol. The molecule has 0 aliphatic carbocycles. The highest BCUT2D eigenvalue weighted by molar-refractivity contribution is 8.00. The topological polar surface area (TPSA) is 99.0 Å². The SMILES string of the molecule is CC1CCCCN1C(=O)CN1CCN(C(=O)Nc2ccccc2SCC(N)=O)CC1. The fraction of sp³-hybridized carbons (Fsp3) is 0.571. The predicted molar refractivity (Wildman–Crippen MR) is 118 cm³/mol. The van der Waals surface area contributed by atoms with Crippen LogP contribution in [-0.2, 0) is 9.59 Å². The number of nitrogens with one attached hydrogen (secondary N) is 1. The first-order valence-corrected chi connectivity index (χ1v) is 11.5. The van der Waals surface area contributed by atoms with Crippen LogP contribution in [0.1, 0.15) is 26.2 Å². The van der Waals surface area contributed by atoms with Gasteiger partial charge in [-0.2, -0.15) is 0 Å². The van der Waals surface area contributed by atoms with Gasteiger partial charge in [0, 0.05) is 43.7 Å². The molecule has 3 rings (SSSR count). The van der Waals surface area contributed by atoms with E-state index in [-0.39, 0.29) is 17.7 Å². The fourth-order valence-electron chi connectivity index (χ4n) is 3.90. The molecule has 1 atom stereocenters. The first-order valence-electron chi connectivity index (χ1n) is 10.5. The largest absolute Gasteiger partial charge is 0.369 e. The van der Waals surface area contributed by atoms with Crippen molar-refractivity contribution in [3.05, 3.63) is 24.3 Å². The van der Waals surface area contributed by atoms with Crippen LogP contribution in [0.5, 0.6) is 0 Å². The standard InChI is InChI=1S/C21H31N5O3S/c1-16-6-4-5-9-26(16)20(28)14-24-10-12-25(13-11-24)21(29)23-17-7-2-3-8-18(17)30-15-19(22)27/h2-3,7-8,16H,4-6,9-15H2,1H3,(H2,22,27)(H,23,29). The predicted octanol–water partition coefficient (Wildman–Crippen LogP) is 1.81. The molecule has 8 nitrogen and oxygen atoms in total. The molecule has 2 aliphatic rings. The number of benzene rings is 1. The van der Waals surface area contributed by atoms with Gasteiger partial charge in [0.1, 0.15) is 0 Å². The summed E-state index contributed by atoms with van der Waals surface area (Å²) in [5.41, 5.74) is 5.90. The minimum Gasteiger partial charge on any atom is -0.369 e. The molecule has 1 aromatic carbocycles. The van der Waals surface area contributed by atoms with Crippen LogP contribution in [0, 0.1) is 0 Å². The molecule has 0 aromatic heterocycles.